The second-order valence-electron chi connectivity index (χ2n) is 9.95. The van der Waals surface area contributed by atoms with Crippen LogP contribution < -0.4 is 24.3 Å². The molecule has 0 saturated carbocycles. The van der Waals surface area contributed by atoms with Crippen molar-refractivity contribution >= 4 is 23.0 Å². The fraction of sp³-hybridized carbons (Fsp3) is 0.353. The number of allylic oxidation sites excluding steroid dienone is 1. The van der Waals surface area contributed by atoms with E-state index in [0.717, 1.165) is 71.7 Å². The molecule has 42 heavy (non-hydrogen) atoms. The van der Waals surface area contributed by atoms with Gasteiger partial charge in [0.15, 0.2) is 23.0 Å². The van der Waals surface area contributed by atoms with Gasteiger partial charge in [0.2, 0.25) is 5.91 Å². The number of hydrogen-bond acceptors (Lipinski definition) is 6. The zero-order valence-electron chi connectivity index (χ0n) is 25.0. The summed E-state index contributed by atoms with van der Waals surface area (Å²) in [7, 11) is 4.85. The fourth-order valence-corrected chi connectivity index (χ4v) is 4.93. The minimum absolute atomic E-state index is 0.0242. The van der Waals surface area contributed by atoms with Crippen LogP contribution in [0.4, 0.5) is 0 Å². The first-order chi connectivity index (χ1) is 20.6. The third-order valence-corrected chi connectivity index (χ3v) is 7.03. The lowest BCUT2D eigenvalue weighted by Gasteiger charge is -2.13. The van der Waals surface area contributed by atoms with E-state index in [0.29, 0.717) is 24.7 Å². The Morgan fingerprint density at radius 2 is 1.64 bits per heavy atom. The smallest absolute Gasteiger partial charge is 0.224 e. The Labute approximate surface area is 248 Å². The van der Waals surface area contributed by atoms with E-state index in [1.807, 2.05) is 73.7 Å². The molecule has 4 rings (SSSR count). The summed E-state index contributed by atoms with van der Waals surface area (Å²) in [4.78, 5) is 17.4. The number of benzene rings is 3. The third kappa shape index (κ3) is 8.06. The van der Waals surface area contributed by atoms with Gasteiger partial charge in [0.05, 0.1) is 45.4 Å². The van der Waals surface area contributed by atoms with Crippen LogP contribution >= 0.6 is 0 Å². The number of carbonyl (C=O) groups is 1. The third-order valence-electron chi connectivity index (χ3n) is 7.03. The molecule has 3 aromatic carbocycles. The first-order valence-electron chi connectivity index (χ1n) is 14.4. The molecule has 0 saturated heterocycles. The van der Waals surface area contributed by atoms with Gasteiger partial charge in [-0.15, -0.1) is 0 Å². The molecule has 8 nitrogen and oxygen atoms in total. The summed E-state index contributed by atoms with van der Waals surface area (Å²) in [5.41, 5.74) is 4.08. The van der Waals surface area contributed by atoms with Gasteiger partial charge in [-0.2, -0.15) is 0 Å². The van der Waals surface area contributed by atoms with Gasteiger partial charge in [-0.05, 0) is 73.7 Å². The zero-order valence-corrected chi connectivity index (χ0v) is 25.0. The number of nitrogens with one attached hydrogen (secondary N) is 1. The maximum absolute atomic E-state index is 12.6. The molecule has 1 aromatic heterocycles. The molecule has 222 valence electrons. The summed E-state index contributed by atoms with van der Waals surface area (Å²) in [6.07, 6.45) is 7.75. The Hall–Kier alpha value is -4.46. The van der Waals surface area contributed by atoms with Crippen molar-refractivity contribution in [1.82, 2.24) is 14.9 Å². The maximum Gasteiger partial charge on any atom is 0.224 e. The number of nitrogens with zero attached hydrogens (tertiary/aromatic N) is 2. The molecule has 0 aliphatic carbocycles. The monoisotopic (exact) mass is 571 g/mol. The van der Waals surface area contributed by atoms with E-state index in [4.69, 9.17) is 23.9 Å². The van der Waals surface area contributed by atoms with Gasteiger partial charge >= 0.3 is 0 Å². The second-order valence-corrected chi connectivity index (χ2v) is 9.95. The molecular formula is C34H41N3O5. The molecule has 0 atom stereocenters. The zero-order chi connectivity index (χ0) is 29.7. The standard InChI is InChI=1S/C34H41N3O5/c1-5-11-25-15-18-30(32(22-25)41-4)42-21-9-8-20-37-28-13-7-6-12-27(28)36-33(37)14-10-19-35-34(38)24-26-16-17-29(39-2)31(23-26)40-3/h5-7,11-13,15-18,22-23H,8-10,14,19-21,24H2,1-4H3,(H,35,38)/b11-5+. The van der Waals surface area contributed by atoms with Gasteiger partial charge in [-0.3, -0.25) is 4.79 Å². The highest BCUT2D eigenvalue weighted by Crippen LogP contribution is 2.29. The van der Waals surface area contributed by atoms with E-state index in [-0.39, 0.29) is 12.3 Å². The number of hydrogen-bond donors (Lipinski definition) is 1. The van der Waals surface area contributed by atoms with Crippen molar-refractivity contribution in [2.75, 3.05) is 34.5 Å². The number of fused-ring (bicyclic) bond motifs is 1. The number of ether oxygens (including phenoxy) is 4. The molecule has 0 unspecified atom stereocenters. The van der Waals surface area contributed by atoms with Crippen molar-refractivity contribution < 1.29 is 23.7 Å². The largest absolute Gasteiger partial charge is 0.493 e. The van der Waals surface area contributed by atoms with E-state index >= 15 is 0 Å². The number of carbonyl (C=O) groups excluding carboxylic acids is 1. The van der Waals surface area contributed by atoms with E-state index in [2.05, 4.69) is 16.0 Å². The normalized spacial score (nSPS) is 11.1. The molecular weight excluding hydrogens is 530 g/mol. The predicted molar refractivity (Wildman–Crippen MR) is 167 cm³/mol. The van der Waals surface area contributed by atoms with Crippen LogP contribution in [0.15, 0.2) is 66.7 Å². The average molecular weight is 572 g/mol. The summed E-state index contributed by atoms with van der Waals surface area (Å²) < 4.78 is 24.5. The Morgan fingerprint density at radius 3 is 2.43 bits per heavy atom. The predicted octanol–water partition coefficient (Wildman–Crippen LogP) is 6.25. The Kier molecular flexibility index (Phi) is 11.3. The highest BCUT2D eigenvalue weighted by molar-refractivity contribution is 5.79. The van der Waals surface area contributed by atoms with Crippen LogP contribution in [0, 0.1) is 0 Å². The number of amides is 1. The van der Waals surface area contributed by atoms with Crippen LogP contribution in [-0.4, -0.2) is 49.9 Å². The van der Waals surface area contributed by atoms with Gasteiger partial charge in [0.25, 0.3) is 0 Å². The van der Waals surface area contributed by atoms with Crippen LogP contribution in [0.25, 0.3) is 17.1 Å². The van der Waals surface area contributed by atoms with Crippen LogP contribution in [0.1, 0.15) is 43.1 Å². The number of rotatable bonds is 16. The van der Waals surface area contributed by atoms with E-state index in [9.17, 15) is 4.79 Å². The van der Waals surface area contributed by atoms with Gasteiger partial charge < -0.3 is 28.8 Å². The van der Waals surface area contributed by atoms with Crippen LogP contribution in [0.2, 0.25) is 0 Å². The number of methoxy groups -OCH3 is 3. The highest BCUT2D eigenvalue weighted by atomic mass is 16.5. The lowest BCUT2D eigenvalue weighted by atomic mass is 10.1. The molecule has 0 aliphatic rings. The van der Waals surface area contributed by atoms with E-state index in [1.54, 1.807) is 21.3 Å². The molecule has 0 radical (unpaired) electrons. The molecule has 8 heteroatoms. The average Bonchev–Trinajstić information content (AvgIpc) is 3.36. The Balaban J connectivity index is 1.27. The summed E-state index contributed by atoms with van der Waals surface area (Å²) in [5.74, 6) is 3.77. The molecule has 0 aliphatic heterocycles. The molecule has 1 N–H and O–H groups in total. The van der Waals surface area contributed by atoms with Crippen LogP contribution in [0.5, 0.6) is 23.0 Å². The second kappa shape index (κ2) is 15.5. The number of para-hydroxylation sites is 2. The Bertz CT molecular complexity index is 1490. The van der Waals surface area contributed by atoms with Gasteiger partial charge in [-0.25, -0.2) is 4.98 Å². The van der Waals surface area contributed by atoms with Gasteiger partial charge in [0.1, 0.15) is 5.82 Å². The Morgan fingerprint density at radius 1 is 0.881 bits per heavy atom. The van der Waals surface area contributed by atoms with Gasteiger partial charge in [0, 0.05) is 19.5 Å². The summed E-state index contributed by atoms with van der Waals surface area (Å²) in [6, 6.07) is 19.7. The minimum atomic E-state index is -0.0242. The molecule has 0 fully saturated rings. The minimum Gasteiger partial charge on any atom is -0.493 e. The molecule has 1 amide bonds. The number of aromatic nitrogens is 2. The first kappa shape index (κ1) is 30.5. The summed E-state index contributed by atoms with van der Waals surface area (Å²) in [5, 5.41) is 3.04. The van der Waals surface area contributed by atoms with E-state index in [1.165, 1.54) is 0 Å². The lowest BCUT2D eigenvalue weighted by Crippen LogP contribution is -2.26. The van der Waals surface area contributed by atoms with Crippen molar-refractivity contribution in [2.24, 2.45) is 0 Å². The molecule has 1 heterocycles. The van der Waals surface area contributed by atoms with Crippen LogP contribution in [0.3, 0.4) is 0 Å². The van der Waals surface area contributed by atoms with Crippen molar-refractivity contribution in [1.29, 1.82) is 0 Å². The van der Waals surface area contributed by atoms with E-state index < -0.39 is 0 Å². The number of imidazole rings is 1. The first-order valence-corrected chi connectivity index (χ1v) is 14.4. The van der Waals surface area contributed by atoms with Gasteiger partial charge in [-0.1, -0.05) is 36.4 Å². The molecule has 0 bridgehead atoms. The number of unbranched alkanes of at least 4 members (excludes halogenated alkanes) is 1. The lowest BCUT2D eigenvalue weighted by molar-refractivity contribution is -0.120. The van der Waals surface area contributed by atoms with Crippen molar-refractivity contribution in [3.63, 3.8) is 0 Å². The number of aryl methyl sites for hydroxylation is 2. The highest BCUT2D eigenvalue weighted by Gasteiger charge is 2.12. The fourth-order valence-electron chi connectivity index (χ4n) is 4.93. The maximum atomic E-state index is 12.6. The summed E-state index contributed by atoms with van der Waals surface area (Å²) >= 11 is 0. The SMILES string of the molecule is C/C=C/c1ccc(OCCCCn2c(CCCNC(=O)Cc3ccc(OC)c(OC)c3)nc3ccccc32)c(OC)c1. The molecule has 4 aromatic rings. The molecule has 0 spiro atoms. The van der Waals surface area contributed by atoms with Crippen molar-refractivity contribution in [3.05, 3.63) is 83.7 Å². The van der Waals surface area contributed by atoms with Crippen molar-refractivity contribution in [2.45, 2.75) is 45.6 Å². The topological polar surface area (TPSA) is 83.8 Å². The quantitative estimate of drug-likeness (QED) is 0.160. The van der Waals surface area contributed by atoms with Crippen LogP contribution in [-0.2, 0) is 24.2 Å². The van der Waals surface area contributed by atoms with Crippen molar-refractivity contribution in [3.8, 4) is 23.0 Å². The summed E-state index contributed by atoms with van der Waals surface area (Å²) in [6.45, 7) is 4.03.